The van der Waals surface area contributed by atoms with Crippen LogP contribution in [-0.4, -0.2) is 40.5 Å². The summed E-state index contributed by atoms with van der Waals surface area (Å²) in [6.07, 6.45) is 6.11. The Morgan fingerprint density at radius 1 is 1.21 bits per heavy atom. The number of carbonyl (C=O) groups excluding carboxylic acids is 1. The minimum Gasteiger partial charge on any atom is -0.486 e. The molecule has 1 aliphatic heterocycles. The average Bonchev–Trinajstić information content (AvgIpc) is 3.04. The fourth-order valence-electron chi connectivity index (χ4n) is 4.04. The Hall–Kier alpha value is -2.15. The van der Waals surface area contributed by atoms with E-state index < -0.39 is 0 Å². The highest BCUT2D eigenvalue weighted by atomic mass is 32.2. The first-order valence-electron chi connectivity index (χ1n) is 10.4. The molecule has 6 nitrogen and oxygen atoms in total. The minimum absolute atomic E-state index is 0.00837. The van der Waals surface area contributed by atoms with Crippen molar-refractivity contribution >= 4 is 17.7 Å². The number of ether oxygens (including phenoxy) is 2. The molecule has 0 saturated heterocycles. The molecule has 0 radical (unpaired) electrons. The Kier molecular flexibility index (Phi) is 6.33. The van der Waals surface area contributed by atoms with Crippen molar-refractivity contribution in [3.8, 4) is 11.5 Å². The van der Waals surface area contributed by atoms with Gasteiger partial charge >= 0.3 is 0 Å². The predicted octanol–water partition coefficient (Wildman–Crippen LogP) is 4.05. The number of rotatable bonds is 6. The topological polar surface area (TPSA) is 65.4 Å². The average molecular weight is 416 g/mol. The molecular weight excluding hydrogens is 386 g/mol. The highest BCUT2D eigenvalue weighted by Crippen LogP contribution is 2.34. The maximum Gasteiger partial charge on any atom is 0.230 e. The van der Waals surface area contributed by atoms with Crippen molar-refractivity contribution in [3.05, 3.63) is 35.7 Å². The molecule has 1 aromatic carbocycles. The van der Waals surface area contributed by atoms with Gasteiger partial charge in [-0.3, -0.25) is 4.79 Å². The number of aromatic nitrogens is 2. The maximum atomic E-state index is 12.4. The number of hydrogen-bond donors (Lipinski definition) is 1. The molecule has 1 atom stereocenters. The van der Waals surface area contributed by atoms with E-state index in [0.717, 1.165) is 22.3 Å². The third-order valence-electron chi connectivity index (χ3n) is 5.72. The Morgan fingerprint density at radius 2 is 1.97 bits per heavy atom. The van der Waals surface area contributed by atoms with E-state index >= 15 is 0 Å². The van der Waals surface area contributed by atoms with Crippen LogP contribution >= 0.6 is 11.8 Å². The molecule has 1 aromatic heterocycles. The Morgan fingerprint density at radius 3 is 2.76 bits per heavy atom. The summed E-state index contributed by atoms with van der Waals surface area (Å²) in [6.45, 7) is 5.06. The van der Waals surface area contributed by atoms with E-state index in [9.17, 15) is 4.79 Å². The standard InChI is InChI=1S/C22H29N3O3S/c1-15-16(2)25(17-8-4-3-5-9-17)22(24-15)29-14-21(26)23-12-18-13-27-19-10-6-7-11-20(19)28-18/h6-7,10-11,17-18H,3-5,8-9,12-14H2,1-2H3,(H,23,26). The number of fused-ring (bicyclic) bond motifs is 1. The maximum absolute atomic E-state index is 12.4. The zero-order valence-electron chi connectivity index (χ0n) is 17.1. The number of amides is 1. The summed E-state index contributed by atoms with van der Waals surface area (Å²) in [5, 5.41) is 3.94. The van der Waals surface area contributed by atoms with Crippen molar-refractivity contribution in [2.45, 2.75) is 63.3 Å². The van der Waals surface area contributed by atoms with E-state index in [4.69, 9.17) is 14.5 Å². The quantitative estimate of drug-likeness (QED) is 0.721. The van der Waals surface area contributed by atoms with Gasteiger partial charge in [0, 0.05) is 11.7 Å². The van der Waals surface area contributed by atoms with Crippen molar-refractivity contribution in [1.29, 1.82) is 0 Å². The van der Waals surface area contributed by atoms with Crippen LogP contribution < -0.4 is 14.8 Å². The lowest BCUT2D eigenvalue weighted by Crippen LogP contribution is -2.41. The summed E-state index contributed by atoms with van der Waals surface area (Å²) in [7, 11) is 0. The first-order chi connectivity index (χ1) is 14.1. The third-order valence-corrected chi connectivity index (χ3v) is 6.67. The zero-order chi connectivity index (χ0) is 20.2. The van der Waals surface area contributed by atoms with Crippen LogP contribution in [-0.2, 0) is 4.79 Å². The van der Waals surface area contributed by atoms with Crippen LogP contribution in [0.1, 0.15) is 49.5 Å². The molecule has 1 amide bonds. The lowest BCUT2D eigenvalue weighted by atomic mass is 9.95. The lowest BCUT2D eigenvalue weighted by molar-refractivity contribution is -0.119. The van der Waals surface area contributed by atoms with Gasteiger partial charge in [-0.15, -0.1) is 0 Å². The Balaban J connectivity index is 1.29. The van der Waals surface area contributed by atoms with Crippen molar-refractivity contribution < 1.29 is 14.3 Å². The molecular formula is C22H29N3O3S. The summed E-state index contributed by atoms with van der Waals surface area (Å²) in [5.74, 6) is 1.83. The number of imidazole rings is 1. The van der Waals surface area contributed by atoms with E-state index in [-0.39, 0.29) is 12.0 Å². The molecule has 156 valence electrons. The molecule has 1 fully saturated rings. The van der Waals surface area contributed by atoms with Gasteiger partial charge in [-0.05, 0) is 38.8 Å². The van der Waals surface area contributed by atoms with Crippen molar-refractivity contribution in [3.63, 3.8) is 0 Å². The molecule has 1 aliphatic carbocycles. The van der Waals surface area contributed by atoms with Crippen LogP contribution in [0.3, 0.4) is 0 Å². The highest BCUT2D eigenvalue weighted by molar-refractivity contribution is 7.99. The Bertz CT molecular complexity index is 861. The molecule has 1 N–H and O–H groups in total. The van der Waals surface area contributed by atoms with Gasteiger partial charge in [0.15, 0.2) is 16.7 Å². The minimum atomic E-state index is -0.174. The number of hydrogen-bond acceptors (Lipinski definition) is 5. The summed E-state index contributed by atoms with van der Waals surface area (Å²) < 4.78 is 14.0. The largest absolute Gasteiger partial charge is 0.486 e. The second kappa shape index (κ2) is 9.11. The van der Waals surface area contributed by atoms with Crippen LogP contribution in [0.25, 0.3) is 0 Å². The number of nitrogens with one attached hydrogen (secondary N) is 1. The molecule has 2 aromatic rings. The summed E-state index contributed by atoms with van der Waals surface area (Å²) in [4.78, 5) is 17.2. The Labute approximate surface area is 176 Å². The van der Waals surface area contributed by atoms with E-state index in [1.807, 2.05) is 24.3 Å². The lowest BCUT2D eigenvalue weighted by Gasteiger charge is -2.26. The number of benzene rings is 1. The number of nitrogens with zero attached hydrogens (tertiary/aromatic N) is 2. The zero-order valence-corrected chi connectivity index (χ0v) is 18.0. The van der Waals surface area contributed by atoms with Gasteiger partial charge in [0.05, 0.1) is 18.0 Å². The van der Waals surface area contributed by atoms with E-state index in [1.54, 1.807) is 0 Å². The molecule has 29 heavy (non-hydrogen) atoms. The van der Waals surface area contributed by atoms with Crippen molar-refractivity contribution in [2.75, 3.05) is 18.9 Å². The fourth-order valence-corrected chi connectivity index (χ4v) is 5.03. The van der Waals surface area contributed by atoms with E-state index in [1.165, 1.54) is 49.6 Å². The van der Waals surface area contributed by atoms with Gasteiger partial charge in [0.25, 0.3) is 0 Å². The number of thioether (sulfide) groups is 1. The van der Waals surface area contributed by atoms with Crippen LogP contribution in [0.2, 0.25) is 0 Å². The fraction of sp³-hybridized carbons (Fsp3) is 0.545. The summed E-state index contributed by atoms with van der Waals surface area (Å²) in [5.41, 5.74) is 2.29. The molecule has 7 heteroatoms. The van der Waals surface area contributed by atoms with Gasteiger partial charge in [-0.2, -0.15) is 0 Å². The summed E-state index contributed by atoms with van der Waals surface area (Å²) >= 11 is 1.53. The van der Waals surface area contributed by atoms with Crippen LogP contribution in [0, 0.1) is 13.8 Å². The van der Waals surface area contributed by atoms with Gasteiger partial charge in [0.1, 0.15) is 12.7 Å². The second-order valence-corrected chi connectivity index (χ2v) is 8.76. The smallest absolute Gasteiger partial charge is 0.230 e. The number of aryl methyl sites for hydroxylation is 1. The van der Waals surface area contributed by atoms with E-state index in [0.29, 0.717) is 24.9 Å². The molecule has 2 aliphatic rings. The molecule has 1 saturated carbocycles. The SMILES string of the molecule is Cc1nc(SCC(=O)NCC2COc3ccccc3O2)n(C2CCCCC2)c1C. The van der Waals surface area contributed by atoms with Gasteiger partial charge in [-0.25, -0.2) is 4.98 Å². The van der Waals surface area contributed by atoms with Crippen molar-refractivity contribution in [2.24, 2.45) is 0 Å². The molecule has 2 heterocycles. The van der Waals surface area contributed by atoms with Crippen LogP contribution in [0.15, 0.2) is 29.4 Å². The predicted molar refractivity (Wildman–Crippen MR) is 114 cm³/mol. The second-order valence-electron chi connectivity index (χ2n) is 7.82. The van der Waals surface area contributed by atoms with Gasteiger partial charge in [0.2, 0.25) is 5.91 Å². The van der Waals surface area contributed by atoms with Gasteiger partial charge in [-0.1, -0.05) is 43.2 Å². The molecule has 1 unspecified atom stereocenters. The van der Waals surface area contributed by atoms with Crippen LogP contribution in [0.5, 0.6) is 11.5 Å². The molecule has 4 rings (SSSR count). The summed E-state index contributed by atoms with van der Waals surface area (Å²) in [6, 6.07) is 8.12. The monoisotopic (exact) mass is 415 g/mol. The van der Waals surface area contributed by atoms with Gasteiger partial charge < -0.3 is 19.4 Å². The normalized spacial score (nSPS) is 19.2. The molecule has 0 spiro atoms. The first-order valence-corrected chi connectivity index (χ1v) is 11.4. The third kappa shape index (κ3) is 4.71. The highest BCUT2D eigenvalue weighted by Gasteiger charge is 2.23. The number of para-hydroxylation sites is 2. The molecule has 0 bridgehead atoms. The first kappa shape index (κ1) is 20.1. The van der Waals surface area contributed by atoms with Crippen molar-refractivity contribution in [1.82, 2.24) is 14.9 Å². The van der Waals surface area contributed by atoms with Crippen LogP contribution in [0.4, 0.5) is 0 Å². The van der Waals surface area contributed by atoms with E-state index in [2.05, 4.69) is 23.7 Å². The number of carbonyl (C=O) groups is 1.